The molecule has 1 nitrogen and oxygen atoms in total. The lowest BCUT2D eigenvalue weighted by Crippen LogP contribution is -2.25. The number of alkyl halides is 3. The fourth-order valence-corrected chi connectivity index (χ4v) is 1.42. The minimum absolute atomic E-state index is 0.0395. The van der Waals surface area contributed by atoms with Gasteiger partial charge in [-0.3, -0.25) is 0 Å². The molecule has 0 saturated carbocycles. The van der Waals surface area contributed by atoms with Gasteiger partial charge in [0.05, 0.1) is 0 Å². The molecule has 96 valence electrons. The molecule has 1 rings (SSSR count). The lowest BCUT2D eigenvalue weighted by molar-refractivity contribution is -0.136. The van der Waals surface area contributed by atoms with Gasteiger partial charge in [-0.25, -0.2) is 8.78 Å². The molecule has 0 spiro atoms. The number of benzene rings is 1. The highest BCUT2D eigenvalue weighted by Gasteiger charge is 2.27. The molecular weight excluding hydrogens is 241 g/mol. The van der Waals surface area contributed by atoms with Crippen LogP contribution in [0.2, 0.25) is 0 Å². The van der Waals surface area contributed by atoms with E-state index in [0.29, 0.717) is 6.07 Å². The van der Waals surface area contributed by atoms with Crippen molar-refractivity contribution >= 4 is 0 Å². The van der Waals surface area contributed by atoms with Crippen molar-refractivity contribution in [3.05, 3.63) is 35.4 Å². The topological polar surface area (TPSA) is 26.0 Å². The van der Waals surface area contributed by atoms with E-state index < -0.39 is 30.3 Å². The van der Waals surface area contributed by atoms with Gasteiger partial charge in [0.15, 0.2) is 0 Å². The second-order valence-electron chi connectivity index (χ2n) is 3.85. The SMILES string of the molecule is NC(CCC(F)(F)F)Cc1ccc(F)cc1F. The van der Waals surface area contributed by atoms with Crippen molar-refractivity contribution in [1.29, 1.82) is 0 Å². The molecule has 1 atom stereocenters. The first-order valence-electron chi connectivity index (χ1n) is 5.04. The lowest BCUT2D eigenvalue weighted by Gasteiger charge is -2.13. The summed E-state index contributed by atoms with van der Waals surface area (Å²) in [6, 6.07) is 2.13. The third-order valence-corrected chi connectivity index (χ3v) is 2.30. The molecule has 0 aliphatic rings. The molecular formula is C11H12F5N. The van der Waals surface area contributed by atoms with Gasteiger partial charge < -0.3 is 5.73 Å². The summed E-state index contributed by atoms with van der Waals surface area (Å²) < 4.78 is 61.5. The molecule has 1 aromatic carbocycles. The zero-order chi connectivity index (χ0) is 13.1. The maximum Gasteiger partial charge on any atom is 0.389 e. The lowest BCUT2D eigenvalue weighted by atomic mass is 10.0. The first-order chi connectivity index (χ1) is 7.78. The van der Waals surface area contributed by atoms with Crippen LogP contribution < -0.4 is 5.73 Å². The zero-order valence-corrected chi connectivity index (χ0v) is 8.90. The third kappa shape index (κ3) is 5.12. The van der Waals surface area contributed by atoms with Crippen molar-refractivity contribution in [2.45, 2.75) is 31.5 Å². The molecule has 0 aliphatic heterocycles. The standard InChI is InChI=1S/C11H12F5N/c12-8-2-1-7(10(13)6-8)5-9(17)3-4-11(14,15)16/h1-2,6,9H,3-5,17H2. The average Bonchev–Trinajstić information content (AvgIpc) is 2.18. The number of nitrogens with two attached hydrogens (primary N) is 1. The third-order valence-electron chi connectivity index (χ3n) is 2.30. The van der Waals surface area contributed by atoms with Crippen LogP contribution in [0.3, 0.4) is 0 Å². The van der Waals surface area contributed by atoms with Crippen molar-refractivity contribution in [3.63, 3.8) is 0 Å². The zero-order valence-electron chi connectivity index (χ0n) is 8.90. The molecule has 0 amide bonds. The molecule has 0 radical (unpaired) electrons. The molecule has 6 heteroatoms. The minimum Gasteiger partial charge on any atom is -0.327 e. The van der Waals surface area contributed by atoms with Crippen molar-refractivity contribution in [3.8, 4) is 0 Å². The summed E-state index contributed by atoms with van der Waals surface area (Å²) in [6.07, 6.45) is -5.58. The maximum atomic E-state index is 13.2. The Labute approximate surface area is 95.4 Å². The molecule has 0 fully saturated rings. The van der Waals surface area contributed by atoms with Gasteiger partial charge >= 0.3 is 6.18 Å². The summed E-state index contributed by atoms with van der Waals surface area (Å²) >= 11 is 0. The van der Waals surface area contributed by atoms with Crippen LogP contribution >= 0.6 is 0 Å². The van der Waals surface area contributed by atoms with Crippen molar-refractivity contribution in [2.75, 3.05) is 0 Å². The number of hydrogen-bond acceptors (Lipinski definition) is 1. The van der Waals surface area contributed by atoms with E-state index in [0.717, 1.165) is 6.07 Å². The van der Waals surface area contributed by atoms with Crippen LogP contribution in [0.1, 0.15) is 18.4 Å². The van der Waals surface area contributed by atoms with Crippen molar-refractivity contribution < 1.29 is 22.0 Å². The molecule has 0 heterocycles. The highest BCUT2D eigenvalue weighted by Crippen LogP contribution is 2.23. The second-order valence-corrected chi connectivity index (χ2v) is 3.85. The average molecular weight is 253 g/mol. The smallest absolute Gasteiger partial charge is 0.327 e. The van der Waals surface area contributed by atoms with E-state index in [2.05, 4.69) is 0 Å². The molecule has 0 aliphatic carbocycles. The van der Waals surface area contributed by atoms with E-state index in [1.807, 2.05) is 0 Å². The number of hydrogen-bond donors (Lipinski definition) is 1. The monoisotopic (exact) mass is 253 g/mol. The van der Waals surface area contributed by atoms with E-state index in [1.54, 1.807) is 0 Å². The number of halogens is 5. The molecule has 1 unspecified atom stereocenters. The first kappa shape index (κ1) is 13.9. The van der Waals surface area contributed by atoms with Gasteiger partial charge in [-0.2, -0.15) is 13.2 Å². The Hall–Kier alpha value is -1.17. The molecule has 0 aromatic heterocycles. The Morgan fingerprint density at radius 1 is 1.18 bits per heavy atom. The van der Waals surface area contributed by atoms with Crippen LogP contribution in [0.5, 0.6) is 0 Å². The van der Waals surface area contributed by atoms with Gasteiger partial charge in [-0.1, -0.05) is 6.07 Å². The molecule has 0 saturated heterocycles. The van der Waals surface area contributed by atoms with E-state index in [4.69, 9.17) is 5.73 Å². The van der Waals surface area contributed by atoms with Gasteiger partial charge in [-0.15, -0.1) is 0 Å². The van der Waals surface area contributed by atoms with Crippen LogP contribution in [0.15, 0.2) is 18.2 Å². The number of rotatable bonds is 4. The molecule has 2 N–H and O–H groups in total. The second kappa shape index (κ2) is 5.44. The highest BCUT2D eigenvalue weighted by atomic mass is 19.4. The quantitative estimate of drug-likeness (QED) is 0.819. The van der Waals surface area contributed by atoms with E-state index in [-0.39, 0.29) is 18.4 Å². The normalized spacial score (nSPS) is 13.8. The highest BCUT2D eigenvalue weighted by molar-refractivity contribution is 5.19. The fourth-order valence-electron chi connectivity index (χ4n) is 1.42. The summed E-state index contributed by atoms with van der Waals surface area (Å²) in [7, 11) is 0. The Morgan fingerprint density at radius 2 is 1.82 bits per heavy atom. The summed E-state index contributed by atoms with van der Waals surface area (Å²) in [4.78, 5) is 0. The minimum atomic E-state index is -4.26. The predicted octanol–water partition coefficient (Wildman–Crippen LogP) is 3.18. The molecule has 1 aromatic rings. The van der Waals surface area contributed by atoms with Gasteiger partial charge in [-0.05, 0) is 24.5 Å². The van der Waals surface area contributed by atoms with Crippen LogP contribution in [0, 0.1) is 11.6 Å². The van der Waals surface area contributed by atoms with Crippen molar-refractivity contribution in [1.82, 2.24) is 0 Å². The fraction of sp³-hybridized carbons (Fsp3) is 0.455. The molecule has 17 heavy (non-hydrogen) atoms. The Morgan fingerprint density at radius 3 is 2.35 bits per heavy atom. The van der Waals surface area contributed by atoms with Crippen LogP contribution in [-0.2, 0) is 6.42 Å². The maximum absolute atomic E-state index is 13.2. The summed E-state index contributed by atoms with van der Waals surface area (Å²) in [6.45, 7) is 0. The Kier molecular flexibility index (Phi) is 4.45. The van der Waals surface area contributed by atoms with Gasteiger partial charge in [0.1, 0.15) is 11.6 Å². The van der Waals surface area contributed by atoms with E-state index in [1.165, 1.54) is 6.07 Å². The largest absolute Gasteiger partial charge is 0.389 e. The van der Waals surface area contributed by atoms with E-state index >= 15 is 0 Å². The summed E-state index contributed by atoms with van der Waals surface area (Å²) in [5.41, 5.74) is 5.59. The van der Waals surface area contributed by atoms with Crippen molar-refractivity contribution in [2.24, 2.45) is 5.73 Å². The Bertz CT molecular complexity index is 375. The van der Waals surface area contributed by atoms with Crippen LogP contribution in [-0.4, -0.2) is 12.2 Å². The Balaban J connectivity index is 2.53. The van der Waals surface area contributed by atoms with Crippen LogP contribution in [0.4, 0.5) is 22.0 Å². The van der Waals surface area contributed by atoms with Gasteiger partial charge in [0.25, 0.3) is 0 Å². The first-order valence-corrected chi connectivity index (χ1v) is 5.04. The summed E-state index contributed by atoms with van der Waals surface area (Å²) in [5, 5.41) is 0. The molecule has 0 bridgehead atoms. The van der Waals surface area contributed by atoms with Crippen LogP contribution in [0.25, 0.3) is 0 Å². The van der Waals surface area contributed by atoms with E-state index in [9.17, 15) is 22.0 Å². The summed E-state index contributed by atoms with van der Waals surface area (Å²) in [5.74, 6) is -1.51. The van der Waals surface area contributed by atoms with Gasteiger partial charge in [0, 0.05) is 18.5 Å². The van der Waals surface area contributed by atoms with Gasteiger partial charge in [0.2, 0.25) is 0 Å². The predicted molar refractivity (Wildman–Crippen MR) is 53.3 cm³/mol.